The topological polar surface area (TPSA) is 92.3 Å². The predicted molar refractivity (Wildman–Crippen MR) is 134 cm³/mol. The predicted octanol–water partition coefficient (Wildman–Crippen LogP) is 4.91. The lowest BCUT2D eigenvalue weighted by Crippen LogP contribution is -2.26. The third-order valence-corrected chi connectivity index (χ3v) is 5.70. The molecular weight excluding hydrogens is 490 g/mol. The second-order valence-electron chi connectivity index (χ2n) is 8.51. The second kappa shape index (κ2) is 10.9. The van der Waals surface area contributed by atoms with Gasteiger partial charge < -0.3 is 20.3 Å². The van der Waals surface area contributed by atoms with Gasteiger partial charge in [-0.2, -0.15) is 0 Å². The van der Waals surface area contributed by atoms with Gasteiger partial charge in [0.2, 0.25) is 0 Å². The Balaban J connectivity index is 1.54. The maximum absolute atomic E-state index is 13.0. The summed E-state index contributed by atoms with van der Waals surface area (Å²) in [5.74, 6) is 0.654. The van der Waals surface area contributed by atoms with E-state index in [0.717, 1.165) is 48.7 Å². The number of hydrogen-bond donors (Lipinski definition) is 2. The number of rotatable bonds is 9. The van der Waals surface area contributed by atoms with E-state index in [-0.39, 0.29) is 5.75 Å². The van der Waals surface area contributed by atoms with Crippen molar-refractivity contribution in [2.45, 2.75) is 18.9 Å². The molecule has 0 spiro atoms. The first-order valence-electron chi connectivity index (χ1n) is 11.2. The van der Waals surface area contributed by atoms with Crippen LogP contribution in [0.3, 0.4) is 0 Å². The van der Waals surface area contributed by atoms with Crippen LogP contribution in [0.5, 0.6) is 5.75 Å². The monoisotopic (exact) mass is 514 g/mol. The van der Waals surface area contributed by atoms with Gasteiger partial charge in [0.1, 0.15) is 17.9 Å². The average Bonchev–Trinajstić information content (AvgIpc) is 3.32. The van der Waals surface area contributed by atoms with Crippen LogP contribution in [0, 0.1) is 5.92 Å². The Morgan fingerprint density at radius 3 is 2.64 bits per heavy atom. The van der Waals surface area contributed by atoms with Crippen LogP contribution >= 0.6 is 11.6 Å². The van der Waals surface area contributed by atoms with E-state index in [1.165, 1.54) is 36.8 Å². The molecule has 0 unspecified atom stereocenters. The Morgan fingerprint density at radius 1 is 1.25 bits per heavy atom. The number of hydrogen-bond acceptors (Lipinski definition) is 7. The van der Waals surface area contributed by atoms with E-state index >= 15 is 0 Å². The van der Waals surface area contributed by atoms with E-state index in [4.69, 9.17) is 11.6 Å². The molecule has 1 fully saturated rings. The van der Waals surface area contributed by atoms with Crippen LogP contribution in [0.1, 0.15) is 23.7 Å². The number of anilines is 2. The van der Waals surface area contributed by atoms with Crippen molar-refractivity contribution in [2.24, 2.45) is 5.92 Å². The Labute approximate surface area is 212 Å². The van der Waals surface area contributed by atoms with Gasteiger partial charge in [-0.05, 0) is 49.6 Å². The number of allylic oxidation sites excluding steroid dienone is 1. The first kappa shape index (κ1) is 25.3. The minimum Gasteiger partial charge on any atom is -0.420 e. The molecule has 4 rings (SSSR count). The molecular formula is C25H25ClF2N6O2. The minimum absolute atomic E-state index is 0.132. The lowest BCUT2D eigenvalue weighted by molar-refractivity contribution is -0.0964. The van der Waals surface area contributed by atoms with E-state index in [9.17, 15) is 13.6 Å². The maximum Gasteiger partial charge on any atom is 0.487 e. The molecule has 1 saturated heterocycles. The van der Waals surface area contributed by atoms with Gasteiger partial charge in [0.25, 0.3) is 5.91 Å². The third kappa shape index (κ3) is 6.66. The summed E-state index contributed by atoms with van der Waals surface area (Å²) in [7, 11) is 0. The highest BCUT2D eigenvalue weighted by Crippen LogP contribution is 2.33. The van der Waals surface area contributed by atoms with E-state index in [2.05, 4.69) is 41.8 Å². The Morgan fingerprint density at radius 2 is 1.97 bits per heavy atom. The molecule has 36 heavy (non-hydrogen) atoms. The van der Waals surface area contributed by atoms with Crippen LogP contribution in [-0.4, -0.2) is 46.1 Å². The molecule has 1 aliphatic heterocycles. The first-order valence-corrected chi connectivity index (χ1v) is 11.6. The highest BCUT2D eigenvalue weighted by atomic mass is 35.5. The number of alkyl halides is 3. The number of carbonyl (C=O) groups excluding carboxylic acids is 1. The molecule has 3 heterocycles. The molecule has 0 radical (unpaired) electrons. The van der Waals surface area contributed by atoms with Gasteiger partial charge in [-0.15, -0.1) is 8.78 Å². The second-order valence-corrected chi connectivity index (χ2v) is 8.95. The molecule has 2 aromatic heterocycles. The summed E-state index contributed by atoms with van der Waals surface area (Å²) in [4.78, 5) is 28.0. The lowest BCUT2D eigenvalue weighted by atomic mass is 10.1. The van der Waals surface area contributed by atoms with Crippen LogP contribution in [0.2, 0.25) is 0 Å². The third-order valence-electron chi connectivity index (χ3n) is 5.62. The van der Waals surface area contributed by atoms with E-state index in [1.54, 1.807) is 18.5 Å². The van der Waals surface area contributed by atoms with Crippen molar-refractivity contribution in [3.63, 3.8) is 0 Å². The van der Waals surface area contributed by atoms with Crippen molar-refractivity contribution in [1.82, 2.24) is 20.3 Å². The number of carbonyl (C=O) groups is 1. The van der Waals surface area contributed by atoms with E-state index in [0.29, 0.717) is 17.2 Å². The number of pyridine rings is 1. The Kier molecular flexibility index (Phi) is 7.64. The van der Waals surface area contributed by atoms with Crippen LogP contribution in [0.4, 0.5) is 20.3 Å². The fraction of sp³-hybridized carbons (Fsp3) is 0.280. The highest BCUT2D eigenvalue weighted by Gasteiger charge is 2.28. The average molecular weight is 515 g/mol. The van der Waals surface area contributed by atoms with Crippen LogP contribution < -0.4 is 20.3 Å². The van der Waals surface area contributed by atoms with Crippen LogP contribution in [-0.2, 0) is 0 Å². The molecule has 3 aromatic rings. The van der Waals surface area contributed by atoms with Gasteiger partial charge in [-0.1, -0.05) is 6.58 Å². The summed E-state index contributed by atoms with van der Waals surface area (Å²) < 4.78 is 29.9. The molecule has 8 nitrogen and oxygen atoms in total. The number of nitrogens with one attached hydrogen (secondary N) is 2. The van der Waals surface area contributed by atoms with Gasteiger partial charge in [-0.3, -0.25) is 4.79 Å². The number of nitrogens with zero attached hydrogens (tertiary/aromatic N) is 4. The normalized spacial score (nSPS) is 15.4. The van der Waals surface area contributed by atoms with Gasteiger partial charge in [0.15, 0.2) is 0 Å². The first-order chi connectivity index (χ1) is 17.2. The molecule has 1 atom stereocenters. The van der Waals surface area contributed by atoms with Gasteiger partial charge in [0, 0.05) is 72.3 Å². The van der Waals surface area contributed by atoms with Crippen molar-refractivity contribution in [1.29, 1.82) is 0 Å². The lowest BCUT2D eigenvalue weighted by Gasteiger charge is -2.22. The van der Waals surface area contributed by atoms with Crippen molar-refractivity contribution < 1.29 is 18.3 Å². The smallest absolute Gasteiger partial charge is 0.420 e. The van der Waals surface area contributed by atoms with E-state index < -0.39 is 11.5 Å². The van der Waals surface area contributed by atoms with Gasteiger partial charge in [0.05, 0.1) is 5.56 Å². The summed E-state index contributed by atoms with van der Waals surface area (Å²) in [6, 6.07) is 7.19. The largest absolute Gasteiger partial charge is 0.487 e. The van der Waals surface area contributed by atoms with Crippen molar-refractivity contribution >= 4 is 29.0 Å². The quantitative estimate of drug-likeness (QED) is 0.392. The summed E-state index contributed by atoms with van der Waals surface area (Å²) in [5.41, 5.74) is -0.683. The summed E-state index contributed by atoms with van der Waals surface area (Å²) in [5, 5.41) is 6.04. The molecule has 1 aliphatic rings. The van der Waals surface area contributed by atoms with Crippen LogP contribution in [0.15, 0.2) is 67.5 Å². The number of halogens is 3. The van der Waals surface area contributed by atoms with Gasteiger partial charge in [-0.25, -0.2) is 15.0 Å². The fourth-order valence-corrected chi connectivity index (χ4v) is 4.03. The zero-order valence-electron chi connectivity index (χ0n) is 19.5. The molecule has 11 heteroatoms. The van der Waals surface area contributed by atoms with Crippen LogP contribution in [0.25, 0.3) is 11.1 Å². The Hall–Kier alpha value is -3.79. The highest BCUT2D eigenvalue weighted by molar-refractivity contribution is 6.20. The SMILES string of the molecule is C=C(C)NC[C@H]1CCN(c2ncc(C(=O)Nc3ccc(OC(F)(F)Cl)cc3)cc2-c2cncnc2)C1. The van der Waals surface area contributed by atoms with Gasteiger partial charge >= 0.3 is 5.57 Å². The molecule has 1 aromatic carbocycles. The van der Waals surface area contributed by atoms with Crippen molar-refractivity contribution in [3.05, 3.63) is 73.1 Å². The number of amides is 1. The molecule has 0 aliphatic carbocycles. The number of benzene rings is 1. The molecule has 1 amide bonds. The fourth-order valence-electron chi connectivity index (χ4n) is 3.94. The van der Waals surface area contributed by atoms with E-state index in [1.807, 2.05) is 6.92 Å². The molecule has 2 N–H and O–H groups in total. The zero-order valence-corrected chi connectivity index (χ0v) is 20.3. The zero-order chi connectivity index (χ0) is 25.7. The number of ether oxygens (including phenoxy) is 1. The standard InChI is InChI=1S/C25H25ClF2N6O2/c1-16(2)31-10-17-7-8-34(14-17)23-22(19-11-29-15-30-12-19)9-18(13-32-23)24(35)33-20-3-5-21(6-4-20)36-25(26,27)28/h3-6,9,11-13,15,17,31H,1,7-8,10,14H2,2H3,(H,33,35)/t17-/m1/s1. The Bertz CT molecular complexity index is 1220. The molecule has 0 saturated carbocycles. The summed E-state index contributed by atoms with van der Waals surface area (Å²) in [6.07, 6.45) is 7.32. The summed E-state index contributed by atoms with van der Waals surface area (Å²) in [6.45, 7) is 8.31. The molecule has 188 valence electrons. The maximum atomic E-state index is 13.0. The molecule has 0 bridgehead atoms. The van der Waals surface area contributed by atoms with Crippen molar-refractivity contribution in [2.75, 3.05) is 29.9 Å². The summed E-state index contributed by atoms with van der Waals surface area (Å²) >= 11 is 4.78. The number of aromatic nitrogens is 3. The van der Waals surface area contributed by atoms with Crippen molar-refractivity contribution in [3.8, 4) is 16.9 Å². The minimum atomic E-state index is -3.81.